The molecule has 0 atom stereocenters. The van der Waals surface area contributed by atoms with E-state index < -0.39 is 5.91 Å². The van der Waals surface area contributed by atoms with Crippen molar-refractivity contribution in [3.05, 3.63) is 39.4 Å². The average Bonchev–Trinajstić information content (AvgIpc) is 3.49. The molecule has 0 spiro atoms. The molecular formula is C20H23N5O4S2. The van der Waals surface area contributed by atoms with Gasteiger partial charge in [0.2, 0.25) is 11.8 Å². The molecule has 3 N–H and O–H groups in total. The number of carbonyl (C=O) groups is 2. The van der Waals surface area contributed by atoms with Gasteiger partial charge < -0.3 is 20.2 Å². The topological polar surface area (TPSA) is 124 Å². The van der Waals surface area contributed by atoms with Crippen molar-refractivity contribution in [1.29, 1.82) is 0 Å². The van der Waals surface area contributed by atoms with Crippen LogP contribution >= 0.6 is 22.7 Å². The summed E-state index contributed by atoms with van der Waals surface area (Å²) in [4.78, 5) is 28.6. The zero-order valence-corrected chi connectivity index (χ0v) is 18.7. The van der Waals surface area contributed by atoms with Gasteiger partial charge in [0.25, 0.3) is 11.8 Å². The third-order valence-electron chi connectivity index (χ3n) is 4.96. The zero-order valence-electron chi connectivity index (χ0n) is 17.1. The summed E-state index contributed by atoms with van der Waals surface area (Å²) >= 11 is 2.96. The molecule has 164 valence electrons. The number of nitrogens with two attached hydrogens (primary N) is 1. The van der Waals surface area contributed by atoms with E-state index >= 15 is 0 Å². The Morgan fingerprint density at radius 3 is 2.97 bits per heavy atom. The van der Waals surface area contributed by atoms with Crippen LogP contribution in [0, 0.1) is 0 Å². The highest BCUT2D eigenvalue weighted by atomic mass is 32.1. The van der Waals surface area contributed by atoms with Crippen molar-refractivity contribution in [3.63, 3.8) is 0 Å². The first-order valence-corrected chi connectivity index (χ1v) is 11.6. The van der Waals surface area contributed by atoms with Gasteiger partial charge in [-0.2, -0.15) is 0 Å². The van der Waals surface area contributed by atoms with Gasteiger partial charge in [-0.05, 0) is 36.3 Å². The molecule has 0 bridgehead atoms. The molecule has 0 saturated carbocycles. The minimum absolute atomic E-state index is 0.0842. The Labute approximate surface area is 187 Å². The molecule has 3 heterocycles. The number of amides is 2. The van der Waals surface area contributed by atoms with Crippen molar-refractivity contribution < 1.29 is 18.7 Å². The van der Waals surface area contributed by atoms with Crippen LogP contribution in [-0.2, 0) is 28.9 Å². The van der Waals surface area contributed by atoms with E-state index in [1.807, 2.05) is 22.4 Å². The molecule has 3 aromatic heterocycles. The van der Waals surface area contributed by atoms with E-state index in [4.69, 9.17) is 14.9 Å². The Hall–Kier alpha value is -2.60. The van der Waals surface area contributed by atoms with E-state index in [9.17, 15) is 9.59 Å². The Bertz CT molecular complexity index is 1060. The Morgan fingerprint density at radius 2 is 2.23 bits per heavy atom. The average molecular weight is 462 g/mol. The molecule has 9 nitrogen and oxygen atoms in total. The summed E-state index contributed by atoms with van der Waals surface area (Å²) < 4.78 is 10.9. The predicted molar refractivity (Wildman–Crippen MR) is 118 cm³/mol. The quantitative estimate of drug-likeness (QED) is 0.475. The predicted octanol–water partition coefficient (Wildman–Crippen LogP) is 2.53. The lowest BCUT2D eigenvalue weighted by Crippen LogP contribution is -2.35. The van der Waals surface area contributed by atoms with Crippen molar-refractivity contribution in [1.82, 2.24) is 15.1 Å². The first kappa shape index (κ1) is 21.6. The number of rotatable bonds is 10. The number of aromatic nitrogens is 2. The lowest BCUT2D eigenvalue weighted by atomic mass is 10.1. The first-order valence-electron chi connectivity index (χ1n) is 9.87. The second-order valence-corrected chi connectivity index (χ2v) is 9.21. The zero-order chi connectivity index (χ0) is 21.8. The summed E-state index contributed by atoms with van der Waals surface area (Å²) in [7, 11) is 1.60. The fraction of sp³-hybridized carbons (Fsp3) is 0.400. The van der Waals surface area contributed by atoms with E-state index in [-0.39, 0.29) is 12.5 Å². The second-order valence-electron chi connectivity index (χ2n) is 7.16. The molecule has 3 aromatic rings. The van der Waals surface area contributed by atoms with Gasteiger partial charge in [0.05, 0.1) is 30.1 Å². The molecule has 0 aliphatic heterocycles. The molecular weight excluding hydrogens is 438 g/mol. The van der Waals surface area contributed by atoms with E-state index in [1.54, 1.807) is 7.11 Å². The van der Waals surface area contributed by atoms with Crippen molar-refractivity contribution in [3.8, 4) is 10.8 Å². The van der Waals surface area contributed by atoms with Crippen LogP contribution in [0.4, 0.5) is 5.00 Å². The monoisotopic (exact) mass is 461 g/mol. The fourth-order valence-electron chi connectivity index (χ4n) is 3.57. The third-order valence-corrected chi connectivity index (χ3v) is 7.02. The van der Waals surface area contributed by atoms with Gasteiger partial charge in [-0.25, -0.2) is 0 Å². The number of methoxy groups -OCH3 is 1. The fourth-order valence-corrected chi connectivity index (χ4v) is 5.52. The molecule has 1 aliphatic rings. The molecule has 11 heteroatoms. The van der Waals surface area contributed by atoms with Crippen molar-refractivity contribution in [2.24, 2.45) is 5.73 Å². The summed E-state index contributed by atoms with van der Waals surface area (Å²) in [5.41, 5.74) is 7.02. The molecule has 1 aliphatic carbocycles. The molecule has 0 unspecified atom stereocenters. The molecule has 0 fully saturated rings. The van der Waals surface area contributed by atoms with Crippen LogP contribution in [0.1, 0.15) is 33.1 Å². The van der Waals surface area contributed by atoms with Gasteiger partial charge in [0.1, 0.15) is 5.00 Å². The Kier molecular flexibility index (Phi) is 6.76. The van der Waals surface area contributed by atoms with Gasteiger partial charge in [-0.15, -0.1) is 32.9 Å². The summed E-state index contributed by atoms with van der Waals surface area (Å²) in [6, 6.07) is 3.83. The summed E-state index contributed by atoms with van der Waals surface area (Å²) in [5.74, 6) is 0.134. The molecule has 2 amide bonds. The highest BCUT2D eigenvalue weighted by Gasteiger charge is 2.26. The van der Waals surface area contributed by atoms with Crippen LogP contribution in [0.2, 0.25) is 0 Å². The number of aryl methyl sites for hydroxylation is 1. The maximum Gasteiger partial charge on any atom is 0.257 e. The lowest BCUT2D eigenvalue weighted by molar-refractivity contribution is -0.117. The number of hydrogen-bond donors (Lipinski definition) is 2. The number of thiophene rings is 2. The van der Waals surface area contributed by atoms with Crippen LogP contribution in [0.25, 0.3) is 10.8 Å². The van der Waals surface area contributed by atoms with E-state index in [1.165, 1.54) is 22.7 Å². The van der Waals surface area contributed by atoms with Gasteiger partial charge in [0, 0.05) is 18.5 Å². The first-order chi connectivity index (χ1) is 15.0. The van der Waals surface area contributed by atoms with Gasteiger partial charge in [0.15, 0.2) is 0 Å². The SMILES string of the molecule is COCCN(CC(=O)Nc1sc2c(c1C(N)=O)CCC2)Cc1nnc(-c2cccs2)o1. The Balaban J connectivity index is 1.43. The van der Waals surface area contributed by atoms with Crippen molar-refractivity contribution in [2.75, 3.05) is 32.1 Å². The number of nitrogens with one attached hydrogen (secondary N) is 1. The number of carbonyl (C=O) groups excluding carboxylic acids is 2. The van der Waals surface area contributed by atoms with Crippen LogP contribution in [0.5, 0.6) is 0 Å². The van der Waals surface area contributed by atoms with Gasteiger partial charge in [-0.3, -0.25) is 14.5 Å². The van der Waals surface area contributed by atoms with Crippen molar-refractivity contribution in [2.45, 2.75) is 25.8 Å². The number of fused-ring (bicyclic) bond motifs is 1. The smallest absolute Gasteiger partial charge is 0.257 e. The maximum absolute atomic E-state index is 12.8. The van der Waals surface area contributed by atoms with Gasteiger partial charge in [-0.1, -0.05) is 6.07 Å². The second kappa shape index (κ2) is 9.69. The molecule has 0 saturated heterocycles. The van der Waals surface area contributed by atoms with Crippen LogP contribution in [0.15, 0.2) is 21.9 Å². The van der Waals surface area contributed by atoms with E-state index in [0.29, 0.717) is 42.0 Å². The van der Waals surface area contributed by atoms with Crippen LogP contribution < -0.4 is 11.1 Å². The summed E-state index contributed by atoms with van der Waals surface area (Å²) in [6.45, 7) is 1.34. The number of nitrogens with zero attached hydrogens (tertiary/aromatic N) is 3. The molecule has 0 radical (unpaired) electrons. The lowest BCUT2D eigenvalue weighted by Gasteiger charge is -2.19. The van der Waals surface area contributed by atoms with E-state index in [0.717, 1.165) is 34.6 Å². The highest BCUT2D eigenvalue weighted by molar-refractivity contribution is 7.17. The number of ether oxygens (including phenoxy) is 1. The maximum atomic E-state index is 12.8. The van der Waals surface area contributed by atoms with Crippen molar-refractivity contribution >= 4 is 39.5 Å². The Morgan fingerprint density at radius 1 is 1.35 bits per heavy atom. The normalized spacial score (nSPS) is 13.0. The molecule has 4 rings (SSSR count). The standard InChI is InChI=1S/C20H23N5O4S2/c1-28-8-7-25(11-16-23-24-19(29-16)14-6-3-9-30-14)10-15(26)22-20-17(18(21)27)12-4-2-5-13(12)31-20/h3,6,9H,2,4-5,7-8,10-11H2,1H3,(H2,21,27)(H,22,26). The van der Waals surface area contributed by atoms with Crippen LogP contribution in [-0.4, -0.2) is 53.7 Å². The molecule has 31 heavy (non-hydrogen) atoms. The van der Waals surface area contributed by atoms with E-state index in [2.05, 4.69) is 15.5 Å². The van der Waals surface area contributed by atoms with Crippen LogP contribution in [0.3, 0.4) is 0 Å². The largest absolute Gasteiger partial charge is 0.419 e. The summed E-state index contributed by atoms with van der Waals surface area (Å²) in [6.07, 6.45) is 2.75. The molecule has 0 aromatic carbocycles. The van der Waals surface area contributed by atoms with Gasteiger partial charge >= 0.3 is 0 Å². The summed E-state index contributed by atoms with van der Waals surface area (Å²) in [5, 5.41) is 13.5. The third kappa shape index (κ3) is 5.01. The number of primary amides is 1. The minimum atomic E-state index is -0.502. The number of hydrogen-bond acceptors (Lipinski definition) is 9. The highest BCUT2D eigenvalue weighted by Crippen LogP contribution is 2.38. The number of anilines is 1. The minimum Gasteiger partial charge on any atom is -0.419 e.